The van der Waals surface area contributed by atoms with Gasteiger partial charge in [-0.05, 0) is 101 Å². The molecule has 2 aromatic carbocycles. The van der Waals surface area contributed by atoms with Gasteiger partial charge in [0.05, 0.1) is 12.1 Å². The van der Waals surface area contributed by atoms with Crippen LogP contribution in [0.5, 0.6) is 5.75 Å². The number of unbranched alkanes of at least 4 members (excludes halogenated alkanes) is 2. The maximum atomic E-state index is 11.6. The first-order valence-corrected chi connectivity index (χ1v) is 17.0. The van der Waals surface area contributed by atoms with Crippen LogP contribution in [0, 0.1) is 6.92 Å². The van der Waals surface area contributed by atoms with Crippen LogP contribution in [-0.2, 0) is 19.8 Å². The maximum Gasteiger partial charge on any atom is 0.329 e. The molecule has 268 valence electrons. The third kappa shape index (κ3) is 12.6. The van der Waals surface area contributed by atoms with Crippen molar-refractivity contribution in [1.29, 1.82) is 0 Å². The first-order valence-electron chi connectivity index (χ1n) is 17.0. The summed E-state index contributed by atoms with van der Waals surface area (Å²) in [6, 6.07) is 19.1. The number of aromatic nitrogens is 4. The van der Waals surface area contributed by atoms with Crippen molar-refractivity contribution in [2.24, 2.45) is 5.73 Å². The van der Waals surface area contributed by atoms with Crippen LogP contribution in [0.15, 0.2) is 73.1 Å². The number of benzene rings is 2. The lowest BCUT2D eigenvalue weighted by Gasteiger charge is -2.40. The lowest BCUT2D eigenvalue weighted by molar-refractivity contribution is -0.142. The summed E-state index contributed by atoms with van der Waals surface area (Å²) in [7, 11) is 2.11. The number of pyridine rings is 1. The number of amides is 1. The summed E-state index contributed by atoms with van der Waals surface area (Å²) in [5.74, 6) is 0.979. The monoisotopic (exact) mass is 687 g/mol. The molecule has 0 aliphatic carbocycles. The molecule has 5 N–H and O–H groups in total. The molecule has 0 unspecified atom stereocenters. The van der Waals surface area contributed by atoms with Gasteiger partial charge < -0.3 is 35.3 Å². The van der Waals surface area contributed by atoms with E-state index in [1.54, 1.807) is 24.5 Å². The first-order chi connectivity index (χ1) is 24.2. The zero-order valence-electron chi connectivity index (χ0n) is 29.0. The van der Waals surface area contributed by atoms with Crippen molar-refractivity contribution in [3.05, 3.63) is 90.0 Å². The molecule has 0 radical (unpaired) electrons. The fraction of sp³-hybridized carbons (Fsp3) is 0.432. The van der Waals surface area contributed by atoms with Gasteiger partial charge in [-0.3, -0.25) is 14.9 Å². The number of piperidine rings is 1. The van der Waals surface area contributed by atoms with Crippen LogP contribution in [0.25, 0.3) is 11.4 Å². The third-order valence-electron chi connectivity index (χ3n) is 8.24. The molecule has 2 aromatic heterocycles. The van der Waals surface area contributed by atoms with E-state index in [9.17, 15) is 9.59 Å². The molecule has 1 saturated heterocycles. The predicted octanol–water partition coefficient (Wildman–Crippen LogP) is 5.05. The Kier molecular flexibility index (Phi) is 15.2. The molecule has 0 spiro atoms. The molecule has 1 amide bonds. The number of primary amides is 1. The van der Waals surface area contributed by atoms with Crippen molar-refractivity contribution in [1.82, 2.24) is 25.1 Å². The largest absolute Gasteiger partial charge is 0.494 e. The standard InChI is InChI=1S/C20H23N7O.C17H26O5/c1-27-11-7-20(8-12-27,24-16-4-2-3-15(13-16)17(21)28)19-23-18(25-26-19)14-5-9-22-10-6-14;1-15-7-5-8-16(13-15)22-12-4-2-3-9-20-10-6-11-21-14-17(18)19/h2-6,9-10,13,24H,7-8,11-12H2,1H3,(H2,21,28)(H,23,25,26);5,7-8,13H,2-4,6,9-12,14H2,1H3,(H,18,19). The van der Waals surface area contributed by atoms with Gasteiger partial charge in [0.25, 0.3) is 0 Å². The van der Waals surface area contributed by atoms with Crippen LogP contribution in [0.3, 0.4) is 0 Å². The van der Waals surface area contributed by atoms with E-state index in [4.69, 9.17) is 30.0 Å². The van der Waals surface area contributed by atoms with E-state index in [1.165, 1.54) is 5.56 Å². The van der Waals surface area contributed by atoms with Gasteiger partial charge in [-0.15, -0.1) is 0 Å². The highest BCUT2D eigenvalue weighted by Crippen LogP contribution is 2.35. The Hall–Kier alpha value is -4.85. The van der Waals surface area contributed by atoms with Crippen molar-refractivity contribution in [2.45, 2.75) is 51.0 Å². The summed E-state index contributed by atoms with van der Waals surface area (Å²) < 4.78 is 16.0. The Bertz CT molecular complexity index is 1610. The second-order valence-corrected chi connectivity index (χ2v) is 12.3. The number of hydrogen-bond acceptors (Lipinski definition) is 10. The minimum atomic E-state index is -0.936. The summed E-state index contributed by atoms with van der Waals surface area (Å²) in [4.78, 5) is 32.9. The molecule has 13 nitrogen and oxygen atoms in total. The zero-order valence-corrected chi connectivity index (χ0v) is 29.0. The number of aryl methyl sites for hydroxylation is 1. The van der Waals surface area contributed by atoms with Crippen molar-refractivity contribution < 1.29 is 28.9 Å². The average Bonchev–Trinajstić information content (AvgIpc) is 3.62. The quantitative estimate of drug-likeness (QED) is 0.103. The Labute approximate surface area is 293 Å². The number of likely N-dealkylation sites (tertiary alicyclic amines) is 1. The molecule has 1 fully saturated rings. The Morgan fingerprint density at radius 3 is 2.40 bits per heavy atom. The highest BCUT2D eigenvalue weighted by Gasteiger charge is 2.38. The van der Waals surface area contributed by atoms with Crippen molar-refractivity contribution in [3.8, 4) is 17.1 Å². The zero-order chi connectivity index (χ0) is 35.6. The fourth-order valence-electron chi connectivity index (χ4n) is 5.46. The van der Waals surface area contributed by atoms with E-state index in [1.807, 2.05) is 42.5 Å². The number of nitrogens with two attached hydrogens (primary N) is 1. The molecule has 1 aliphatic heterocycles. The van der Waals surface area contributed by atoms with Gasteiger partial charge in [-0.1, -0.05) is 18.2 Å². The second-order valence-electron chi connectivity index (χ2n) is 12.3. The van der Waals surface area contributed by atoms with E-state index < -0.39 is 17.4 Å². The number of nitrogens with zero attached hydrogens (tertiary/aromatic N) is 4. The molecule has 0 bridgehead atoms. The smallest absolute Gasteiger partial charge is 0.329 e. The lowest BCUT2D eigenvalue weighted by atomic mass is 9.86. The third-order valence-corrected chi connectivity index (χ3v) is 8.24. The summed E-state index contributed by atoms with van der Waals surface area (Å²) in [5.41, 5.74) is 8.47. The number of carbonyl (C=O) groups is 2. The Balaban J connectivity index is 0.000000233. The fourth-order valence-corrected chi connectivity index (χ4v) is 5.46. The first kappa shape index (κ1) is 38.0. The number of anilines is 1. The molecule has 13 heteroatoms. The molecule has 1 aliphatic rings. The normalized spacial score (nSPS) is 14.0. The number of carbonyl (C=O) groups excluding carboxylic acids is 1. The highest BCUT2D eigenvalue weighted by molar-refractivity contribution is 5.93. The average molecular weight is 688 g/mol. The van der Waals surface area contributed by atoms with Crippen LogP contribution in [0.4, 0.5) is 5.69 Å². The van der Waals surface area contributed by atoms with E-state index in [0.717, 1.165) is 87.7 Å². The maximum absolute atomic E-state index is 11.6. The van der Waals surface area contributed by atoms with Crippen molar-refractivity contribution >= 4 is 17.6 Å². The van der Waals surface area contributed by atoms with E-state index in [-0.39, 0.29) is 6.61 Å². The summed E-state index contributed by atoms with van der Waals surface area (Å²) in [6.45, 7) is 6.16. The van der Waals surface area contributed by atoms with Crippen molar-refractivity contribution in [2.75, 3.05) is 58.5 Å². The number of H-pyrrole nitrogens is 1. The van der Waals surface area contributed by atoms with E-state index >= 15 is 0 Å². The van der Waals surface area contributed by atoms with Gasteiger partial charge >= 0.3 is 5.97 Å². The number of aromatic amines is 1. The molecule has 50 heavy (non-hydrogen) atoms. The van der Waals surface area contributed by atoms with Crippen LogP contribution < -0.4 is 15.8 Å². The molecule has 0 atom stereocenters. The minimum Gasteiger partial charge on any atom is -0.494 e. The molecule has 0 saturated carbocycles. The number of ether oxygens (including phenoxy) is 3. The summed E-state index contributed by atoms with van der Waals surface area (Å²) in [6.07, 6.45) is 8.98. The summed E-state index contributed by atoms with van der Waals surface area (Å²) in [5, 5.41) is 19.5. The molecule has 3 heterocycles. The van der Waals surface area contributed by atoms with E-state index in [0.29, 0.717) is 24.6 Å². The van der Waals surface area contributed by atoms with Gasteiger partial charge in [-0.25, -0.2) is 9.78 Å². The molecular formula is C37H49N7O6. The predicted molar refractivity (Wildman–Crippen MR) is 191 cm³/mol. The number of rotatable bonds is 18. The number of carboxylic acid groups (broad SMARTS) is 1. The van der Waals surface area contributed by atoms with Crippen LogP contribution >= 0.6 is 0 Å². The molecule has 5 rings (SSSR count). The van der Waals surface area contributed by atoms with Crippen LogP contribution in [-0.4, -0.2) is 95.2 Å². The molecule has 4 aromatic rings. The number of hydrogen-bond donors (Lipinski definition) is 4. The number of carboxylic acids is 1. The SMILES string of the molecule is CN1CCC(Nc2cccc(C(N)=O)c2)(c2nc(-c3ccncc3)n[nH]2)CC1.Cc1cccc(OCCCCCOCCCOCC(=O)O)c1. The second kappa shape index (κ2) is 20.0. The summed E-state index contributed by atoms with van der Waals surface area (Å²) >= 11 is 0. The van der Waals surface area contributed by atoms with Gasteiger partial charge in [-0.2, -0.15) is 5.10 Å². The Morgan fingerprint density at radius 2 is 1.66 bits per heavy atom. The van der Waals surface area contributed by atoms with Crippen molar-refractivity contribution in [3.63, 3.8) is 0 Å². The van der Waals surface area contributed by atoms with Crippen LogP contribution in [0.2, 0.25) is 0 Å². The molecular weight excluding hydrogens is 638 g/mol. The minimum absolute atomic E-state index is 0.235. The lowest BCUT2D eigenvalue weighted by Crippen LogP contribution is -2.46. The number of nitrogens with one attached hydrogen (secondary N) is 2. The van der Waals surface area contributed by atoms with Gasteiger partial charge in [0.1, 0.15) is 12.4 Å². The van der Waals surface area contributed by atoms with E-state index in [2.05, 4.69) is 45.4 Å². The highest BCUT2D eigenvalue weighted by atomic mass is 16.5. The van der Waals surface area contributed by atoms with Gasteiger partial charge in [0.2, 0.25) is 5.91 Å². The topological polar surface area (TPSA) is 178 Å². The Morgan fingerprint density at radius 1 is 0.940 bits per heavy atom. The van der Waals surface area contributed by atoms with Gasteiger partial charge in [0.15, 0.2) is 11.6 Å². The van der Waals surface area contributed by atoms with Gasteiger partial charge in [0, 0.05) is 62.1 Å². The van der Waals surface area contributed by atoms with Crippen LogP contribution in [0.1, 0.15) is 60.3 Å². The number of aliphatic carboxylic acids is 1.